The van der Waals surface area contributed by atoms with Gasteiger partial charge in [0.25, 0.3) is 0 Å². The van der Waals surface area contributed by atoms with Gasteiger partial charge >= 0.3 is 0 Å². The molecule has 4 aliphatic carbocycles. The van der Waals surface area contributed by atoms with Crippen LogP contribution in [0.2, 0.25) is 0 Å². The predicted molar refractivity (Wildman–Crippen MR) is 127 cm³/mol. The first-order valence-corrected chi connectivity index (χ1v) is 12.8. The first-order chi connectivity index (χ1) is 14.2. The average Bonchev–Trinajstić information content (AvgIpc) is 3.05. The van der Waals surface area contributed by atoms with Crippen molar-refractivity contribution in [2.75, 3.05) is 0 Å². The molecule has 2 fully saturated rings. The van der Waals surface area contributed by atoms with Crippen LogP contribution in [0.4, 0.5) is 0 Å². The molecule has 1 heteroatoms. The third-order valence-electron chi connectivity index (χ3n) is 10.3. The largest absolute Gasteiger partial charge is 0.295 e. The third-order valence-corrected chi connectivity index (χ3v) is 10.3. The molecule has 30 heavy (non-hydrogen) atoms. The Hall–Kier alpha value is -1.11. The Morgan fingerprint density at radius 2 is 1.90 bits per heavy atom. The highest BCUT2D eigenvalue weighted by molar-refractivity contribution is 5.95. The van der Waals surface area contributed by atoms with Crippen LogP contribution < -0.4 is 0 Å². The van der Waals surface area contributed by atoms with Gasteiger partial charge in [0, 0.05) is 5.92 Å². The van der Waals surface area contributed by atoms with Crippen molar-refractivity contribution in [3.8, 4) is 0 Å². The van der Waals surface area contributed by atoms with E-state index in [2.05, 4.69) is 65.8 Å². The molecule has 4 rings (SSSR count). The summed E-state index contributed by atoms with van der Waals surface area (Å²) < 4.78 is 0. The van der Waals surface area contributed by atoms with Crippen molar-refractivity contribution in [2.24, 2.45) is 46.3 Å². The summed E-state index contributed by atoms with van der Waals surface area (Å²) in [5.74, 6) is 4.10. The van der Waals surface area contributed by atoms with E-state index >= 15 is 0 Å². The SMILES string of the molecule is C/C=C(\CC[C@@H](C)[C@H]1CC[C@H]2[C@@H]3C(=O)C=C4C=CCC[C@]4(C)[C@@H]3CC[C@]12C)C(C)C. The van der Waals surface area contributed by atoms with E-state index in [0.717, 1.165) is 11.8 Å². The van der Waals surface area contributed by atoms with Crippen molar-refractivity contribution < 1.29 is 4.79 Å². The monoisotopic (exact) mass is 408 g/mol. The van der Waals surface area contributed by atoms with Gasteiger partial charge in [0.2, 0.25) is 0 Å². The van der Waals surface area contributed by atoms with Crippen LogP contribution in [0.5, 0.6) is 0 Å². The van der Waals surface area contributed by atoms with Gasteiger partial charge in [-0.15, -0.1) is 0 Å². The average molecular weight is 409 g/mol. The first-order valence-electron chi connectivity index (χ1n) is 12.8. The van der Waals surface area contributed by atoms with Crippen molar-refractivity contribution in [3.05, 3.63) is 35.5 Å². The number of ketones is 1. The van der Waals surface area contributed by atoms with Gasteiger partial charge in [-0.3, -0.25) is 4.79 Å². The van der Waals surface area contributed by atoms with Gasteiger partial charge in [-0.1, -0.05) is 58.4 Å². The Morgan fingerprint density at radius 1 is 1.13 bits per heavy atom. The maximum Gasteiger partial charge on any atom is 0.159 e. The maximum absolute atomic E-state index is 13.4. The lowest BCUT2D eigenvalue weighted by molar-refractivity contribution is -0.133. The standard InChI is InChI=1S/C29H44O/c1-7-21(19(2)3)12-11-20(4)23-13-14-24-27-25(15-17-29(23,24)6)28(5)16-9-8-10-22(28)18-26(27)30/h7-8,10,18-20,23-25,27H,9,11-17H2,1-6H3/b21-7+/t20-,23-,24+,25-,27+,28+,29-/m1/s1. The van der Waals surface area contributed by atoms with Crippen molar-refractivity contribution in [3.63, 3.8) is 0 Å². The number of allylic oxidation sites excluding steroid dienone is 6. The summed E-state index contributed by atoms with van der Waals surface area (Å²) in [7, 11) is 0. The minimum atomic E-state index is 0.233. The zero-order valence-electron chi connectivity index (χ0n) is 20.3. The molecule has 0 unspecified atom stereocenters. The molecule has 4 aliphatic rings. The smallest absolute Gasteiger partial charge is 0.159 e. The fraction of sp³-hybridized carbons (Fsp3) is 0.759. The highest BCUT2D eigenvalue weighted by Gasteiger charge is 2.60. The summed E-state index contributed by atoms with van der Waals surface area (Å²) >= 11 is 0. The summed E-state index contributed by atoms with van der Waals surface area (Å²) in [6.45, 7) is 14.4. The van der Waals surface area contributed by atoms with Gasteiger partial charge in [-0.25, -0.2) is 0 Å². The Balaban J connectivity index is 1.54. The van der Waals surface area contributed by atoms with Crippen molar-refractivity contribution in [1.29, 1.82) is 0 Å². The second kappa shape index (κ2) is 8.10. The number of hydrogen-bond acceptors (Lipinski definition) is 1. The lowest BCUT2D eigenvalue weighted by Gasteiger charge is -2.56. The van der Waals surface area contributed by atoms with E-state index in [0.29, 0.717) is 29.0 Å². The molecule has 7 atom stereocenters. The summed E-state index contributed by atoms with van der Waals surface area (Å²) in [6.07, 6.45) is 19.1. The minimum Gasteiger partial charge on any atom is -0.295 e. The molecule has 0 heterocycles. The van der Waals surface area contributed by atoms with Gasteiger partial charge in [-0.2, -0.15) is 0 Å². The van der Waals surface area contributed by atoms with E-state index in [1.165, 1.54) is 56.9 Å². The Kier molecular flexibility index (Phi) is 5.97. The molecule has 0 spiro atoms. The topological polar surface area (TPSA) is 17.1 Å². The van der Waals surface area contributed by atoms with Crippen LogP contribution in [-0.4, -0.2) is 5.78 Å². The van der Waals surface area contributed by atoms with E-state index < -0.39 is 0 Å². The van der Waals surface area contributed by atoms with E-state index in [4.69, 9.17) is 0 Å². The van der Waals surface area contributed by atoms with Crippen LogP contribution in [0.1, 0.15) is 92.9 Å². The van der Waals surface area contributed by atoms with E-state index in [-0.39, 0.29) is 11.3 Å². The van der Waals surface area contributed by atoms with Crippen molar-refractivity contribution in [1.82, 2.24) is 0 Å². The Morgan fingerprint density at radius 3 is 2.60 bits per heavy atom. The Labute approximate surface area is 185 Å². The van der Waals surface area contributed by atoms with Crippen LogP contribution in [0, 0.1) is 46.3 Å². The number of fused-ring (bicyclic) bond motifs is 5. The molecule has 0 bridgehead atoms. The molecule has 0 radical (unpaired) electrons. The molecule has 2 saturated carbocycles. The lowest BCUT2D eigenvalue weighted by Crippen LogP contribution is -2.52. The molecule has 166 valence electrons. The normalized spacial score (nSPS) is 41.9. The fourth-order valence-corrected chi connectivity index (χ4v) is 8.38. The first kappa shape index (κ1) is 22.1. The van der Waals surface area contributed by atoms with Crippen molar-refractivity contribution >= 4 is 5.78 Å². The molecule has 0 saturated heterocycles. The van der Waals surface area contributed by atoms with E-state index in [9.17, 15) is 4.79 Å². The number of rotatable bonds is 5. The molecular formula is C29H44O. The van der Waals surface area contributed by atoms with Crippen molar-refractivity contribution in [2.45, 2.75) is 92.9 Å². The molecule has 1 nitrogen and oxygen atoms in total. The van der Waals surface area contributed by atoms with E-state index in [1.807, 2.05) is 0 Å². The zero-order chi connectivity index (χ0) is 21.7. The fourth-order valence-electron chi connectivity index (χ4n) is 8.38. The van der Waals surface area contributed by atoms with Gasteiger partial charge in [0.1, 0.15) is 0 Å². The van der Waals surface area contributed by atoms with Gasteiger partial charge in [-0.05, 0) is 110 Å². The molecule has 0 N–H and O–H groups in total. The third kappa shape index (κ3) is 3.39. The number of carbonyl (C=O) groups is 1. The summed E-state index contributed by atoms with van der Waals surface area (Å²) in [6, 6.07) is 0. The maximum atomic E-state index is 13.4. The highest BCUT2D eigenvalue weighted by Crippen LogP contribution is 2.66. The summed E-state index contributed by atoms with van der Waals surface area (Å²) in [4.78, 5) is 13.4. The predicted octanol–water partition coefficient (Wildman–Crippen LogP) is 7.93. The summed E-state index contributed by atoms with van der Waals surface area (Å²) in [5.41, 5.74) is 3.54. The van der Waals surface area contributed by atoms with Crippen LogP contribution >= 0.6 is 0 Å². The second-order valence-corrected chi connectivity index (χ2v) is 11.9. The number of carbonyl (C=O) groups excluding carboxylic acids is 1. The molecule has 0 aliphatic heterocycles. The number of hydrogen-bond donors (Lipinski definition) is 0. The van der Waals surface area contributed by atoms with E-state index in [1.54, 1.807) is 5.57 Å². The minimum absolute atomic E-state index is 0.233. The van der Waals surface area contributed by atoms with Crippen LogP contribution in [-0.2, 0) is 4.79 Å². The molecule has 0 amide bonds. The zero-order valence-corrected chi connectivity index (χ0v) is 20.3. The lowest BCUT2D eigenvalue weighted by atomic mass is 9.47. The molecule has 0 aromatic rings. The quantitative estimate of drug-likeness (QED) is 0.422. The molecular weight excluding hydrogens is 364 g/mol. The van der Waals surface area contributed by atoms with Gasteiger partial charge in [0.05, 0.1) is 0 Å². The Bertz CT molecular complexity index is 767. The van der Waals surface area contributed by atoms with Gasteiger partial charge in [0.15, 0.2) is 5.78 Å². The van der Waals surface area contributed by atoms with Crippen LogP contribution in [0.15, 0.2) is 35.5 Å². The van der Waals surface area contributed by atoms with Gasteiger partial charge < -0.3 is 0 Å². The molecule has 0 aromatic heterocycles. The van der Waals surface area contributed by atoms with Crippen LogP contribution in [0.25, 0.3) is 0 Å². The molecule has 0 aromatic carbocycles. The van der Waals surface area contributed by atoms with Crippen LogP contribution in [0.3, 0.4) is 0 Å². The second-order valence-electron chi connectivity index (χ2n) is 11.9. The highest BCUT2D eigenvalue weighted by atomic mass is 16.1. The summed E-state index contributed by atoms with van der Waals surface area (Å²) in [5, 5.41) is 0.